The van der Waals surface area contributed by atoms with Gasteiger partial charge in [0.1, 0.15) is 6.26 Å². The van der Waals surface area contributed by atoms with Crippen LogP contribution < -0.4 is 10.2 Å². The molecule has 0 saturated carbocycles. The van der Waals surface area contributed by atoms with Crippen LogP contribution >= 0.6 is 0 Å². The lowest BCUT2D eigenvalue weighted by Gasteiger charge is -2.42. The largest absolute Gasteiger partial charge is 0.444 e. The van der Waals surface area contributed by atoms with Crippen molar-refractivity contribution in [3.63, 3.8) is 0 Å². The Morgan fingerprint density at radius 2 is 1.88 bits per heavy atom. The number of piperidine rings is 1. The fourth-order valence-corrected chi connectivity index (χ4v) is 6.33. The lowest BCUT2D eigenvalue weighted by atomic mass is 10.1. The minimum absolute atomic E-state index is 0.181. The number of nitrogens with one attached hydrogen (secondary N) is 1. The van der Waals surface area contributed by atoms with Crippen LogP contribution in [0.2, 0.25) is 18.1 Å². The molecular formula is C30H40N6O3Si. The SMILES string of the molecule is Cc1cc(-c2nc(C(=O)Nc3cc4c(C)n(C)nc4cc3N3CCC(O[Si](C)(C)C(C)(C)C)CC3)co2)ccn1. The molecule has 10 heteroatoms. The normalized spacial score (nSPS) is 15.2. The topological polar surface area (TPSA) is 98.3 Å². The number of hydrogen-bond donors (Lipinski definition) is 1. The Kier molecular flexibility index (Phi) is 7.34. The third-order valence-electron chi connectivity index (χ3n) is 8.43. The molecular weight excluding hydrogens is 520 g/mol. The summed E-state index contributed by atoms with van der Waals surface area (Å²) in [6, 6.07) is 7.80. The van der Waals surface area contributed by atoms with Gasteiger partial charge in [-0.3, -0.25) is 14.5 Å². The van der Waals surface area contributed by atoms with E-state index >= 15 is 0 Å². The molecule has 0 bridgehead atoms. The monoisotopic (exact) mass is 560 g/mol. The molecule has 0 radical (unpaired) electrons. The van der Waals surface area contributed by atoms with Gasteiger partial charge in [-0.05, 0) is 69.1 Å². The van der Waals surface area contributed by atoms with Crippen LogP contribution in [0.3, 0.4) is 0 Å². The molecule has 1 aromatic carbocycles. The number of carbonyl (C=O) groups is 1. The average Bonchev–Trinajstić information content (AvgIpc) is 3.49. The minimum atomic E-state index is -1.84. The number of fused-ring (bicyclic) bond motifs is 1. The van der Waals surface area contributed by atoms with E-state index in [0.29, 0.717) is 5.89 Å². The standard InChI is InChI=1S/C30H40N6O3Si/c1-19-15-21(9-12-31-19)29-33-26(18-38-29)28(37)32-25-16-23-20(2)35(6)34-24(23)17-27(25)36-13-10-22(11-14-36)39-40(7,8)30(3,4)5/h9,12,15-18,22H,10-11,13-14H2,1-8H3,(H,32,37). The number of benzene rings is 1. The number of amides is 1. The van der Waals surface area contributed by atoms with Gasteiger partial charge in [0, 0.05) is 54.8 Å². The van der Waals surface area contributed by atoms with Crippen LogP contribution in [0, 0.1) is 13.8 Å². The first-order valence-electron chi connectivity index (χ1n) is 13.9. The lowest BCUT2D eigenvalue weighted by molar-refractivity contribution is 0.102. The predicted molar refractivity (Wildman–Crippen MR) is 161 cm³/mol. The van der Waals surface area contributed by atoms with Crippen LogP contribution in [0.1, 0.15) is 55.5 Å². The maximum atomic E-state index is 13.4. The molecule has 1 fully saturated rings. The van der Waals surface area contributed by atoms with E-state index in [2.05, 4.69) is 60.1 Å². The number of nitrogens with zero attached hydrogens (tertiary/aromatic N) is 5. The van der Waals surface area contributed by atoms with Crippen molar-refractivity contribution in [2.45, 2.75) is 71.7 Å². The van der Waals surface area contributed by atoms with Gasteiger partial charge in [-0.15, -0.1) is 0 Å². The van der Waals surface area contributed by atoms with Crippen LogP contribution in [-0.2, 0) is 11.5 Å². The Bertz CT molecular complexity index is 1540. The van der Waals surface area contributed by atoms with Crippen molar-refractivity contribution in [1.29, 1.82) is 0 Å². The number of aryl methyl sites for hydroxylation is 3. The fourth-order valence-electron chi connectivity index (χ4n) is 4.91. The van der Waals surface area contributed by atoms with E-state index in [9.17, 15) is 4.79 Å². The summed E-state index contributed by atoms with van der Waals surface area (Å²) in [6.45, 7) is 17.1. The lowest BCUT2D eigenvalue weighted by Crippen LogP contribution is -2.47. The Labute approximate surface area is 237 Å². The number of anilines is 2. The second kappa shape index (κ2) is 10.5. The van der Waals surface area contributed by atoms with E-state index in [4.69, 9.17) is 13.9 Å². The van der Waals surface area contributed by atoms with Gasteiger partial charge in [-0.1, -0.05) is 20.8 Å². The van der Waals surface area contributed by atoms with E-state index in [1.807, 2.05) is 43.8 Å². The van der Waals surface area contributed by atoms with Gasteiger partial charge >= 0.3 is 0 Å². The summed E-state index contributed by atoms with van der Waals surface area (Å²) in [7, 11) is 0.102. The molecule has 0 unspecified atom stereocenters. The third kappa shape index (κ3) is 5.55. The first-order chi connectivity index (χ1) is 18.8. The molecule has 5 rings (SSSR count). The highest BCUT2D eigenvalue weighted by Gasteiger charge is 2.39. The van der Waals surface area contributed by atoms with Crippen molar-refractivity contribution >= 4 is 36.5 Å². The van der Waals surface area contributed by atoms with Crippen LogP contribution in [0.4, 0.5) is 11.4 Å². The number of oxazole rings is 1. The fraction of sp³-hybridized carbons (Fsp3) is 0.467. The second-order valence-electron chi connectivity index (χ2n) is 12.3. The number of rotatable bonds is 6. The second-order valence-corrected chi connectivity index (χ2v) is 17.1. The van der Waals surface area contributed by atoms with Crippen molar-refractivity contribution in [2.75, 3.05) is 23.3 Å². The van der Waals surface area contributed by atoms with Gasteiger partial charge in [0.25, 0.3) is 5.91 Å². The summed E-state index contributed by atoms with van der Waals surface area (Å²) in [6.07, 6.45) is 5.24. The summed E-state index contributed by atoms with van der Waals surface area (Å²) >= 11 is 0. The minimum Gasteiger partial charge on any atom is -0.444 e. The third-order valence-corrected chi connectivity index (χ3v) is 13.0. The zero-order valence-corrected chi connectivity index (χ0v) is 25.8. The molecule has 0 aliphatic carbocycles. The number of hydrogen-bond acceptors (Lipinski definition) is 7. The molecule has 212 valence electrons. The van der Waals surface area contributed by atoms with E-state index in [1.165, 1.54) is 6.26 Å². The predicted octanol–water partition coefficient (Wildman–Crippen LogP) is 6.48. The van der Waals surface area contributed by atoms with E-state index < -0.39 is 8.32 Å². The molecule has 1 aliphatic rings. The van der Waals surface area contributed by atoms with E-state index in [1.54, 1.807) is 6.20 Å². The van der Waals surface area contributed by atoms with Crippen LogP contribution in [0.5, 0.6) is 0 Å². The highest BCUT2D eigenvalue weighted by molar-refractivity contribution is 6.74. The molecule has 1 aliphatic heterocycles. The van der Waals surface area contributed by atoms with E-state index in [0.717, 1.165) is 65.2 Å². The van der Waals surface area contributed by atoms with E-state index in [-0.39, 0.29) is 22.7 Å². The van der Waals surface area contributed by atoms with Gasteiger partial charge in [-0.25, -0.2) is 4.98 Å². The first-order valence-corrected chi connectivity index (χ1v) is 16.8. The zero-order valence-electron chi connectivity index (χ0n) is 24.8. The van der Waals surface area contributed by atoms with Crippen LogP contribution in [0.25, 0.3) is 22.4 Å². The summed E-state index contributed by atoms with van der Waals surface area (Å²) < 4.78 is 14.2. The molecule has 1 amide bonds. The zero-order chi connectivity index (χ0) is 28.8. The Morgan fingerprint density at radius 3 is 2.55 bits per heavy atom. The molecule has 4 aromatic rings. The smallest absolute Gasteiger partial charge is 0.277 e. The van der Waals surface area contributed by atoms with Gasteiger partial charge in [0.05, 0.1) is 16.9 Å². The van der Waals surface area contributed by atoms with Crippen molar-refractivity contribution in [3.05, 3.63) is 53.8 Å². The first kappa shape index (κ1) is 28.0. The van der Waals surface area contributed by atoms with Crippen molar-refractivity contribution in [2.24, 2.45) is 7.05 Å². The molecule has 1 saturated heterocycles. The quantitative estimate of drug-likeness (QED) is 0.269. The molecule has 0 atom stereocenters. The Hall–Kier alpha value is -3.50. The number of aromatic nitrogens is 4. The number of pyridine rings is 1. The van der Waals surface area contributed by atoms with Crippen LogP contribution in [-0.4, -0.2) is 53.2 Å². The Morgan fingerprint density at radius 1 is 1.15 bits per heavy atom. The summed E-state index contributed by atoms with van der Waals surface area (Å²) in [5, 5.41) is 9.01. The van der Waals surface area contributed by atoms with Crippen LogP contribution in [0.15, 0.2) is 41.1 Å². The Balaban J connectivity index is 1.39. The molecule has 1 N–H and O–H groups in total. The molecule has 3 aromatic heterocycles. The summed E-state index contributed by atoms with van der Waals surface area (Å²) in [4.78, 5) is 24.4. The highest BCUT2D eigenvalue weighted by Crippen LogP contribution is 2.39. The molecule has 0 spiro atoms. The summed E-state index contributed by atoms with van der Waals surface area (Å²) in [5.74, 6) is 0.0669. The van der Waals surface area contributed by atoms with Crippen molar-refractivity contribution in [3.8, 4) is 11.5 Å². The van der Waals surface area contributed by atoms with Crippen molar-refractivity contribution < 1.29 is 13.6 Å². The molecule has 40 heavy (non-hydrogen) atoms. The average molecular weight is 561 g/mol. The van der Waals surface area contributed by atoms with Gasteiger partial charge < -0.3 is 19.1 Å². The summed E-state index contributed by atoms with van der Waals surface area (Å²) in [5.41, 5.74) is 5.49. The van der Waals surface area contributed by atoms with Crippen molar-refractivity contribution in [1.82, 2.24) is 19.7 Å². The van der Waals surface area contributed by atoms with Gasteiger partial charge in [0.2, 0.25) is 5.89 Å². The maximum Gasteiger partial charge on any atom is 0.277 e. The maximum absolute atomic E-state index is 13.4. The molecule has 4 heterocycles. The molecule has 9 nitrogen and oxygen atoms in total. The number of carbonyl (C=O) groups excluding carboxylic acids is 1. The van der Waals surface area contributed by atoms with Gasteiger partial charge in [0.15, 0.2) is 14.0 Å². The highest BCUT2D eigenvalue weighted by atomic mass is 28.4. The van der Waals surface area contributed by atoms with Gasteiger partial charge in [-0.2, -0.15) is 5.10 Å².